The zero-order chi connectivity index (χ0) is 27.2. The summed E-state index contributed by atoms with van der Waals surface area (Å²) in [6.07, 6.45) is 2.30. The molecule has 1 aliphatic rings. The van der Waals surface area contributed by atoms with Crippen molar-refractivity contribution in [3.8, 4) is 5.75 Å². The summed E-state index contributed by atoms with van der Waals surface area (Å²) in [7, 11) is -7.24. The van der Waals surface area contributed by atoms with Crippen LogP contribution < -0.4 is 14.8 Å². The number of benzene rings is 3. The van der Waals surface area contributed by atoms with E-state index < -0.39 is 20.0 Å². The van der Waals surface area contributed by atoms with Crippen molar-refractivity contribution >= 4 is 43.2 Å². The number of sulfonamides is 2. The van der Waals surface area contributed by atoms with Crippen LogP contribution in [0, 0.1) is 0 Å². The van der Waals surface area contributed by atoms with Gasteiger partial charge in [-0.15, -0.1) is 0 Å². The Morgan fingerprint density at radius 3 is 2.08 bits per heavy atom. The average Bonchev–Trinajstić information content (AvgIpc) is 3.46. The highest BCUT2D eigenvalue weighted by atomic mass is 35.5. The van der Waals surface area contributed by atoms with Crippen molar-refractivity contribution in [3.63, 3.8) is 0 Å². The zero-order valence-corrected chi connectivity index (χ0v) is 22.9. The lowest BCUT2D eigenvalue weighted by molar-refractivity contribution is -0.123. The van der Waals surface area contributed by atoms with E-state index in [9.17, 15) is 21.6 Å². The third kappa shape index (κ3) is 7.25. The van der Waals surface area contributed by atoms with Crippen molar-refractivity contribution in [2.45, 2.75) is 29.1 Å². The van der Waals surface area contributed by atoms with Gasteiger partial charge < -0.3 is 10.1 Å². The summed E-state index contributed by atoms with van der Waals surface area (Å²) in [5.41, 5.74) is 1.28. The maximum absolute atomic E-state index is 12.6. The second kappa shape index (κ2) is 12.2. The van der Waals surface area contributed by atoms with Crippen LogP contribution in [0.3, 0.4) is 0 Å². The molecule has 0 spiro atoms. The Hall–Kier alpha value is -3.12. The van der Waals surface area contributed by atoms with E-state index in [0.29, 0.717) is 42.5 Å². The van der Waals surface area contributed by atoms with Crippen LogP contribution >= 0.6 is 11.6 Å². The van der Waals surface area contributed by atoms with Gasteiger partial charge >= 0.3 is 0 Å². The number of hydrogen-bond donors (Lipinski definition) is 2. The number of carbonyl (C=O) groups is 1. The molecule has 0 bridgehead atoms. The molecular formula is C26H28ClN3O6S2. The van der Waals surface area contributed by atoms with Crippen LogP contribution in [0.15, 0.2) is 82.6 Å². The predicted molar refractivity (Wildman–Crippen MR) is 145 cm³/mol. The molecule has 3 aromatic rings. The smallest absolute Gasteiger partial charge is 0.261 e. The van der Waals surface area contributed by atoms with Gasteiger partial charge in [-0.2, -0.15) is 4.31 Å². The lowest BCUT2D eigenvalue weighted by atomic mass is 10.1. The quantitative estimate of drug-likeness (QED) is 0.359. The average molecular weight is 578 g/mol. The van der Waals surface area contributed by atoms with E-state index >= 15 is 0 Å². The van der Waals surface area contributed by atoms with E-state index in [1.165, 1.54) is 28.6 Å². The number of rotatable bonds is 11. The summed E-state index contributed by atoms with van der Waals surface area (Å²) in [5.74, 6) is 0.0136. The summed E-state index contributed by atoms with van der Waals surface area (Å²) in [6, 6.07) is 18.7. The van der Waals surface area contributed by atoms with Crippen LogP contribution in [-0.2, 0) is 31.3 Å². The van der Waals surface area contributed by atoms with E-state index in [4.69, 9.17) is 16.3 Å². The summed E-state index contributed by atoms with van der Waals surface area (Å²) in [5, 5.41) is 3.25. The fourth-order valence-electron chi connectivity index (χ4n) is 3.90. The first-order chi connectivity index (χ1) is 18.1. The summed E-state index contributed by atoms with van der Waals surface area (Å²) in [4.78, 5) is 12.5. The first-order valence-corrected chi connectivity index (χ1v) is 15.3. The number of carbonyl (C=O) groups excluding carboxylic acids is 1. The fraction of sp³-hybridized carbons (Fsp3) is 0.269. The second-order valence-electron chi connectivity index (χ2n) is 8.73. The highest BCUT2D eigenvalue weighted by Crippen LogP contribution is 2.22. The van der Waals surface area contributed by atoms with Crippen LogP contribution in [0.5, 0.6) is 5.75 Å². The highest BCUT2D eigenvalue weighted by molar-refractivity contribution is 7.92. The molecule has 1 heterocycles. The minimum Gasteiger partial charge on any atom is -0.484 e. The molecule has 2 N–H and O–H groups in total. The topological polar surface area (TPSA) is 122 Å². The maximum Gasteiger partial charge on any atom is 0.261 e. The van der Waals surface area contributed by atoms with Crippen LogP contribution in [0.4, 0.5) is 5.69 Å². The fourth-order valence-corrected chi connectivity index (χ4v) is 6.60. The van der Waals surface area contributed by atoms with Crippen LogP contribution in [-0.4, -0.2) is 53.3 Å². The normalized spacial score (nSPS) is 14.2. The predicted octanol–water partition coefficient (Wildman–Crippen LogP) is 3.66. The van der Waals surface area contributed by atoms with E-state index in [1.807, 2.05) is 0 Å². The monoisotopic (exact) mass is 577 g/mol. The Morgan fingerprint density at radius 1 is 0.842 bits per heavy atom. The summed E-state index contributed by atoms with van der Waals surface area (Å²) < 4.78 is 59.7. The SMILES string of the molecule is O=C(COc1ccc(S(=O)(=O)Nc2ccc(Cl)cc2)cc1)NCCc1ccc(S(=O)(=O)N2CCCC2)cc1. The highest BCUT2D eigenvalue weighted by Gasteiger charge is 2.26. The molecule has 0 unspecified atom stereocenters. The Kier molecular flexibility index (Phi) is 8.93. The lowest BCUT2D eigenvalue weighted by Crippen LogP contribution is -2.30. The third-order valence-electron chi connectivity index (χ3n) is 5.96. The zero-order valence-electron chi connectivity index (χ0n) is 20.5. The van der Waals surface area contributed by atoms with Gasteiger partial charge in [-0.1, -0.05) is 23.7 Å². The van der Waals surface area contributed by atoms with Crippen LogP contribution in [0.2, 0.25) is 5.02 Å². The summed E-state index contributed by atoms with van der Waals surface area (Å²) >= 11 is 5.82. The van der Waals surface area contributed by atoms with Crippen molar-refractivity contribution in [2.24, 2.45) is 0 Å². The van der Waals surface area contributed by atoms with Crippen LogP contribution in [0.25, 0.3) is 0 Å². The molecule has 1 amide bonds. The van der Waals surface area contributed by atoms with Gasteiger partial charge in [0.25, 0.3) is 15.9 Å². The van der Waals surface area contributed by atoms with Crippen molar-refractivity contribution < 1.29 is 26.4 Å². The first-order valence-electron chi connectivity index (χ1n) is 12.0. The van der Waals surface area contributed by atoms with Crippen LogP contribution in [0.1, 0.15) is 18.4 Å². The molecule has 0 radical (unpaired) electrons. The maximum atomic E-state index is 12.6. The molecule has 38 heavy (non-hydrogen) atoms. The molecule has 9 nitrogen and oxygen atoms in total. The van der Waals surface area contributed by atoms with E-state index in [2.05, 4.69) is 10.0 Å². The molecule has 4 rings (SSSR count). The number of hydrogen-bond acceptors (Lipinski definition) is 6. The first kappa shape index (κ1) is 27.9. The molecule has 3 aromatic carbocycles. The Labute approximate surface area is 227 Å². The Morgan fingerprint density at radius 2 is 1.45 bits per heavy atom. The molecule has 202 valence electrons. The molecule has 12 heteroatoms. The molecule has 1 aliphatic heterocycles. The Bertz CT molecular complexity index is 1450. The largest absolute Gasteiger partial charge is 0.484 e. The molecule has 1 fully saturated rings. The molecule has 0 aromatic heterocycles. The molecule has 0 saturated carbocycles. The van der Waals surface area contributed by atoms with Crippen molar-refractivity contribution in [1.82, 2.24) is 9.62 Å². The van der Waals surface area contributed by atoms with Gasteiger partial charge in [-0.05, 0) is 85.5 Å². The van der Waals surface area contributed by atoms with E-state index in [1.54, 1.807) is 48.5 Å². The van der Waals surface area contributed by atoms with Gasteiger partial charge in [-0.3, -0.25) is 9.52 Å². The summed E-state index contributed by atoms with van der Waals surface area (Å²) in [6.45, 7) is 1.24. The molecule has 0 aliphatic carbocycles. The van der Waals surface area contributed by atoms with Crippen molar-refractivity contribution in [1.29, 1.82) is 0 Å². The number of ether oxygens (including phenoxy) is 1. The number of nitrogens with one attached hydrogen (secondary N) is 2. The van der Waals surface area contributed by atoms with Crippen molar-refractivity contribution in [3.05, 3.63) is 83.4 Å². The lowest BCUT2D eigenvalue weighted by Gasteiger charge is -2.15. The van der Waals surface area contributed by atoms with Gasteiger partial charge in [0.05, 0.1) is 9.79 Å². The Balaban J connectivity index is 1.21. The van der Waals surface area contributed by atoms with Gasteiger partial charge in [0, 0.05) is 30.3 Å². The van der Waals surface area contributed by atoms with Gasteiger partial charge in [0.15, 0.2) is 6.61 Å². The molecule has 0 atom stereocenters. The van der Waals surface area contributed by atoms with Gasteiger partial charge in [-0.25, -0.2) is 16.8 Å². The minimum atomic E-state index is -3.79. The van der Waals surface area contributed by atoms with Gasteiger partial charge in [0.1, 0.15) is 5.75 Å². The number of amides is 1. The number of anilines is 1. The third-order valence-corrected chi connectivity index (χ3v) is 9.52. The number of nitrogens with zero attached hydrogens (tertiary/aromatic N) is 1. The van der Waals surface area contributed by atoms with Crippen molar-refractivity contribution in [2.75, 3.05) is 31.0 Å². The molecule has 1 saturated heterocycles. The minimum absolute atomic E-state index is 0.0449. The van der Waals surface area contributed by atoms with E-state index in [-0.39, 0.29) is 22.3 Å². The second-order valence-corrected chi connectivity index (χ2v) is 12.8. The number of halogens is 1. The standard InChI is InChI=1S/C26H28ClN3O6S2/c27-21-5-7-22(8-6-21)29-37(32,33)24-13-9-23(10-14-24)36-19-26(31)28-16-15-20-3-11-25(12-4-20)38(34,35)30-17-1-2-18-30/h3-14,29H,1-2,15-19H2,(H,28,31). The molecular weight excluding hydrogens is 550 g/mol. The van der Waals surface area contributed by atoms with Gasteiger partial charge in [0.2, 0.25) is 10.0 Å². The van der Waals surface area contributed by atoms with E-state index in [0.717, 1.165) is 18.4 Å².